The van der Waals surface area contributed by atoms with Crippen molar-refractivity contribution in [1.82, 2.24) is 24.3 Å². The molecule has 1 amide bonds. The Morgan fingerprint density at radius 2 is 1.69 bits per heavy atom. The zero-order valence-electron chi connectivity index (χ0n) is 19.7. The third-order valence-corrected chi connectivity index (χ3v) is 7.49. The van der Waals surface area contributed by atoms with Crippen molar-refractivity contribution in [2.75, 3.05) is 32.7 Å². The third kappa shape index (κ3) is 5.39. The number of rotatable bonds is 7. The predicted molar refractivity (Wildman–Crippen MR) is 137 cm³/mol. The number of aromatic nitrogens is 3. The van der Waals surface area contributed by atoms with Crippen LogP contribution in [0.4, 0.5) is 4.39 Å². The van der Waals surface area contributed by atoms with Gasteiger partial charge in [-0.3, -0.25) is 9.78 Å². The Balaban J connectivity index is 1.32. The zero-order chi connectivity index (χ0) is 24.2. The molecule has 5 rings (SSSR count). The molecular formula is C27H28FN5OS. The van der Waals surface area contributed by atoms with Crippen LogP contribution in [0, 0.1) is 5.82 Å². The minimum atomic E-state index is -0.234. The van der Waals surface area contributed by atoms with Crippen molar-refractivity contribution in [3.8, 4) is 0 Å². The van der Waals surface area contributed by atoms with Gasteiger partial charge in [-0.05, 0) is 48.0 Å². The molecule has 0 bridgehead atoms. The maximum atomic E-state index is 13.3. The van der Waals surface area contributed by atoms with Gasteiger partial charge in [-0.1, -0.05) is 43.0 Å². The number of amides is 1. The first kappa shape index (κ1) is 23.5. The van der Waals surface area contributed by atoms with Crippen molar-refractivity contribution in [2.24, 2.45) is 0 Å². The second-order valence-electron chi connectivity index (χ2n) is 8.68. The molecule has 0 radical (unpaired) electrons. The van der Waals surface area contributed by atoms with Gasteiger partial charge >= 0.3 is 0 Å². The first-order valence-electron chi connectivity index (χ1n) is 11.9. The summed E-state index contributed by atoms with van der Waals surface area (Å²) in [6.45, 7) is 7.22. The van der Waals surface area contributed by atoms with Crippen molar-refractivity contribution in [3.05, 3.63) is 89.5 Å². The summed E-state index contributed by atoms with van der Waals surface area (Å²) in [6.07, 6.45) is 3.58. The number of fused-ring (bicyclic) bond motifs is 1. The summed E-state index contributed by atoms with van der Waals surface area (Å²) in [5.74, 6) is 0.554. The van der Waals surface area contributed by atoms with E-state index < -0.39 is 0 Å². The van der Waals surface area contributed by atoms with E-state index >= 15 is 0 Å². The zero-order valence-corrected chi connectivity index (χ0v) is 20.5. The summed E-state index contributed by atoms with van der Waals surface area (Å²) < 4.78 is 15.4. The SMILES string of the molecule is CCN1CCN(C(=O)c2ccc(Cn3c(SCc4ccc(F)cc4)nc4ccncc43)cc2)CC1. The molecule has 0 atom stereocenters. The summed E-state index contributed by atoms with van der Waals surface area (Å²) >= 11 is 1.62. The Kier molecular flexibility index (Phi) is 7.11. The summed E-state index contributed by atoms with van der Waals surface area (Å²) in [6, 6.07) is 16.4. The van der Waals surface area contributed by atoms with Crippen molar-refractivity contribution < 1.29 is 9.18 Å². The Labute approximate surface area is 208 Å². The van der Waals surface area contributed by atoms with E-state index in [1.54, 1.807) is 30.1 Å². The second kappa shape index (κ2) is 10.6. The van der Waals surface area contributed by atoms with Crippen molar-refractivity contribution in [3.63, 3.8) is 0 Å². The first-order chi connectivity index (χ1) is 17.1. The highest BCUT2D eigenvalue weighted by atomic mass is 32.2. The minimum absolute atomic E-state index is 0.0973. The summed E-state index contributed by atoms with van der Waals surface area (Å²) in [5, 5.41) is 0.881. The number of likely N-dealkylation sites (N-methyl/N-ethyl adjacent to an activating group) is 1. The Morgan fingerprint density at radius 1 is 0.971 bits per heavy atom. The van der Waals surface area contributed by atoms with Gasteiger partial charge in [0, 0.05) is 43.7 Å². The molecule has 0 spiro atoms. The molecule has 3 heterocycles. The lowest BCUT2D eigenvalue weighted by Gasteiger charge is -2.34. The Bertz CT molecular complexity index is 1300. The number of halogens is 1. The summed E-state index contributed by atoms with van der Waals surface area (Å²) in [5.41, 5.74) is 4.70. The largest absolute Gasteiger partial charge is 0.336 e. The molecule has 1 saturated heterocycles. The molecule has 35 heavy (non-hydrogen) atoms. The number of hydrogen-bond acceptors (Lipinski definition) is 5. The number of hydrogen-bond donors (Lipinski definition) is 0. The van der Waals surface area contributed by atoms with Crippen LogP contribution < -0.4 is 0 Å². The molecule has 2 aromatic carbocycles. The number of benzene rings is 2. The fourth-order valence-electron chi connectivity index (χ4n) is 4.32. The van der Waals surface area contributed by atoms with Crippen LogP contribution in [0.2, 0.25) is 0 Å². The van der Waals surface area contributed by atoms with E-state index in [1.165, 1.54) is 12.1 Å². The predicted octanol–water partition coefficient (Wildman–Crippen LogP) is 4.69. The Morgan fingerprint density at radius 3 is 2.40 bits per heavy atom. The lowest BCUT2D eigenvalue weighted by Crippen LogP contribution is -2.48. The lowest BCUT2D eigenvalue weighted by atomic mass is 10.1. The van der Waals surface area contributed by atoms with E-state index in [9.17, 15) is 9.18 Å². The fourth-order valence-corrected chi connectivity index (χ4v) is 5.29. The van der Waals surface area contributed by atoms with Crippen LogP contribution >= 0.6 is 11.8 Å². The molecule has 4 aromatic rings. The van der Waals surface area contributed by atoms with Crippen LogP contribution in [-0.2, 0) is 12.3 Å². The van der Waals surface area contributed by atoms with Gasteiger partial charge in [0.2, 0.25) is 0 Å². The van der Waals surface area contributed by atoms with Gasteiger partial charge in [0.15, 0.2) is 5.16 Å². The van der Waals surface area contributed by atoms with Gasteiger partial charge in [0.05, 0.1) is 23.8 Å². The van der Waals surface area contributed by atoms with Crippen LogP contribution in [-0.4, -0.2) is 63.0 Å². The van der Waals surface area contributed by atoms with E-state index in [1.807, 2.05) is 41.4 Å². The average molecular weight is 490 g/mol. The summed E-state index contributed by atoms with van der Waals surface area (Å²) in [4.78, 5) is 26.4. The molecule has 180 valence electrons. The number of nitrogens with zero attached hydrogens (tertiary/aromatic N) is 5. The van der Waals surface area contributed by atoms with Crippen LogP contribution in [0.15, 0.2) is 72.1 Å². The van der Waals surface area contributed by atoms with Gasteiger partial charge in [-0.25, -0.2) is 9.37 Å². The number of imidazole rings is 1. The molecular weight excluding hydrogens is 461 g/mol. The third-order valence-electron chi connectivity index (χ3n) is 6.45. The van der Waals surface area contributed by atoms with Crippen molar-refractivity contribution >= 4 is 28.7 Å². The number of carbonyl (C=O) groups is 1. The molecule has 1 aliphatic rings. The fraction of sp³-hybridized carbons (Fsp3) is 0.296. The average Bonchev–Trinajstić information content (AvgIpc) is 3.25. The van der Waals surface area contributed by atoms with Crippen LogP contribution in [0.3, 0.4) is 0 Å². The van der Waals surface area contributed by atoms with Gasteiger partial charge in [0.1, 0.15) is 5.82 Å². The maximum absolute atomic E-state index is 13.3. The van der Waals surface area contributed by atoms with E-state index in [4.69, 9.17) is 4.98 Å². The highest BCUT2D eigenvalue weighted by Gasteiger charge is 2.21. The topological polar surface area (TPSA) is 54.3 Å². The van der Waals surface area contributed by atoms with E-state index in [0.717, 1.165) is 65.6 Å². The summed E-state index contributed by atoms with van der Waals surface area (Å²) in [7, 11) is 0. The monoisotopic (exact) mass is 489 g/mol. The van der Waals surface area contributed by atoms with Gasteiger partial charge in [-0.15, -0.1) is 0 Å². The number of piperazine rings is 1. The van der Waals surface area contributed by atoms with Crippen LogP contribution in [0.25, 0.3) is 11.0 Å². The standard InChI is InChI=1S/C27H28FN5OS/c1-2-31-13-15-32(16-14-31)26(34)22-7-3-20(4-8-22)18-33-25-17-29-12-11-24(25)30-27(33)35-19-21-5-9-23(28)10-6-21/h3-12,17H,2,13-16,18-19H2,1H3. The molecule has 6 nitrogen and oxygen atoms in total. The van der Waals surface area contributed by atoms with Gasteiger partial charge in [-0.2, -0.15) is 0 Å². The number of thioether (sulfide) groups is 1. The van der Waals surface area contributed by atoms with Gasteiger partial charge in [0.25, 0.3) is 5.91 Å². The lowest BCUT2D eigenvalue weighted by molar-refractivity contribution is 0.0643. The van der Waals surface area contributed by atoms with Crippen LogP contribution in [0.5, 0.6) is 0 Å². The highest BCUT2D eigenvalue weighted by Crippen LogP contribution is 2.27. The molecule has 2 aromatic heterocycles. The molecule has 1 fully saturated rings. The second-order valence-corrected chi connectivity index (χ2v) is 9.63. The molecule has 0 N–H and O–H groups in total. The molecule has 8 heteroatoms. The van der Waals surface area contributed by atoms with Gasteiger partial charge < -0.3 is 14.4 Å². The number of pyridine rings is 1. The van der Waals surface area contributed by atoms with Crippen molar-refractivity contribution in [2.45, 2.75) is 24.4 Å². The maximum Gasteiger partial charge on any atom is 0.253 e. The van der Waals surface area contributed by atoms with Crippen molar-refractivity contribution in [1.29, 1.82) is 0 Å². The Hall–Kier alpha value is -3.23. The molecule has 1 aliphatic heterocycles. The molecule has 0 unspecified atom stereocenters. The van der Waals surface area contributed by atoms with Crippen LogP contribution in [0.1, 0.15) is 28.4 Å². The highest BCUT2D eigenvalue weighted by molar-refractivity contribution is 7.98. The molecule has 0 aliphatic carbocycles. The van der Waals surface area contributed by atoms with E-state index in [2.05, 4.69) is 21.4 Å². The number of carbonyl (C=O) groups excluding carboxylic acids is 1. The smallest absolute Gasteiger partial charge is 0.253 e. The molecule has 0 saturated carbocycles. The first-order valence-corrected chi connectivity index (χ1v) is 12.9. The quantitative estimate of drug-likeness (QED) is 0.353. The van der Waals surface area contributed by atoms with E-state index in [-0.39, 0.29) is 11.7 Å². The normalized spacial score (nSPS) is 14.5. The minimum Gasteiger partial charge on any atom is -0.336 e. The van der Waals surface area contributed by atoms with E-state index in [0.29, 0.717) is 12.3 Å².